The molecule has 1 aromatic carbocycles. The normalized spacial score (nSPS) is 16.3. The van der Waals surface area contributed by atoms with E-state index in [0.717, 1.165) is 31.9 Å². The molecular weight excluding hydrogens is 264 g/mol. The monoisotopic (exact) mass is 282 g/mol. The van der Waals surface area contributed by atoms with Crippen LogP contribution < -0.4 is 10.0 Å². The molecule has 1 aliphatic carbocycles. The molecule has 0 radical (unpaired) electrons. The number of hydrogen-bond acceptors (Lipinski definition) is 3. The molecule has 104 valence electrons. The summed E-state index contributed by atoms with van der Waals surface area (Å²) in [6.07, 6.45) is 5.08. The van der Waals surface area contributed by atoms with E-state index in [1.54, 1.807) is 24.3 Å². The maximum absolute atomic E-state index is 12.0. The summed E-state index contributed by atoms with van der Waals surface area (Å²) in [6, 6.07) is 6.81. The van der Waals surface area contributed by atoms with Crippen LogP contribution >= 0.6 is 0 Å². The van der Waals surface area contributed by atoms with Gasteiger partial charge in [-0.25, -0.2) is 8.42 Å². The zero-order valence-electron chi connectivity index (χ0n) is 10.8. The molecule has 0 aromatic heterocycles. The second-order valence-electron chi connectivity index (χ2n) is 4.89. The summed E-state index contributed by atoms with van der Waals surface area (Å²) in [4.78, 5) is 12.0. The number of nitrogens with one attached hydrogen (secondary N) is 2. The first kappa shape index (κ1) is 13.9. The number of rotatable bonds is 4. The maximum atomic E-state index is 12.0. The zero-order valence-corrected chi connectivity index (χ0v) is 11.7. The van der Waals surface area contributed by atoms with E-state index in [1.807, 2.05) is 0 Å². The van der Waals surface area contributed by atoms with Gasteiger partial charge in [0, 0.05) is 5.92 Å². The van der Waals surface area contributed by atoms with Crippen molar-refractivity contribution in [3.63, 3.8) is 0 Å². The molecule has 2 rings (SSSR count). The number of hydrogen-bond donors (Lipinski definition) is 2. The van der Waals surface area contributed by atoms with E-state index in [-0.39, 0.29) is 11.8 Å². The van der Waals surface area contributed by atoms with Crippen molar-refractivity contribution in [1.29, 1.82) is 0 Å². The lowest BCUT2D eigenvalue weighted by atomic mass is 10.1. The SMILES string of the molecule is CS(=O)(=O)Nc1ccccc1NC(=O)C1CCCC1. The molecule has 5 nitrogen and oxygen atoms in total. The molecule has 2 N–H and O–H groups in total. The number of benzene rings is 1. The molecular formula is C13H18N2O3S. The van der Waals surface area contributed by atoms with E-state index < -0.39 is 10.0 Å². The van der Waals surface area contributed by atoms with E-state index in [4.69, 9.17) is 0 Å². The van der Waals surface area contributed by atoms with Crippen molar-refractivity contribution in [2.45, 2.75) is 25.7 Å². The lowest BCUT2D eigenvalue weighted by Gasteiger charge is -2.14. The van der Waals surface area contributed by atoms with Crippen molar-refractivity contribution in [3.8, 4) is 0 Å². The molecule has 0 bridgehead atoms. The minimum atomic E-state index is -3.36. The predicted octanol–water partition coefficient (Wildman–Crippen LogP) is 2.19. The lowest BCUT2D eigenvalue weighted by Crippen LogP contribution is -2.21. The molecule has 1 aliphatic rings. The summed E-state index contributed by atoms with van der Waals surface area (Å²) in [6.45, 7) is 0. The van der Waals surface area contributed by atoms with Gasteiger partial charge in [0.1, 0.15) is 0 Å². The van der Waals surface area contributed by atoms with E-state index in [1.165, 1.54) is 0 Å². The highest BCUT2D eigenvalue weighted by Gasteiger charge is 2.23. The highest BCUT2D eigenvalue weighted by atomic mass is 32.2. The Morgan fingerprint density at radius 1 is 1.16 bits per heavy atom. The molecule has 1 aromatic rings. The fourth-order valence-corrected chi connectivity index (χ4v) is 2.88. The summed E-state index contributed by atoms with van der Waals surface area (Å²) in [5, 5.41) is 2.81. The Kier molecular flexibility index (Phi) is 4.09. The Labute approximate surface area is 113 Å². The molecule has 0 aliphatic heterocycles. The molecule has 0 unspecified atom stereocenters. The predicted molar refractivity (Wildman–Crippen MR) is 75.5 cm³/mol. The summed E-state index contributed by atoms with van der Waals surface area (Å²) in [7, 11) is -3.36. The third-order valence-corrected chi connectivity index (χ3v) is 3.80. The average Bonchev–Trinajstić information content (AvgIpc) is 2.83. The van der Waals surface area contributed by atoms with Gasteiger partial charge in [-0.3, -0.25) is 9.52 Å². The van der Waals surface area contributed by atoms with Crippen LogP contribution in [0.2, 0.25) is 0 Å². The molecule has 0 saturated heterocycles. The summed E-state index contributed by atoms with van der Waals surface area (Å²) >= 11 is 0. The topological polar surface area (TPSA) is 75.3 Å². The quantitative estimate of drug-likeness (QED) is 0.888. The molecule has 0 heterocycles. The smallest absolute Gasteiger partial charge is 0.229 e. The molecule has 19 heavy (non-hydrogen) atoms. The van der Waals surface area contributed by atoms with E-state index in [9.17, 15) is 13.2 Å². The molecule has 1 amide bonds. The highest BCUT2D eigenvalue weighted by molar-refractivity contribution is 7.92. The van der Waals surface area contributed by atoms with Crippen LogP contribution in [0.4, 0.5) is 11.4 Å². The Morgan fingerprint density at radius 2 is 1.74 bits per heavy atom. The first-order chi connectivity index (χ1) is 8.96. The first-order valence-electron chi connectivity index (χ1n) is 6.33. The van der Waals surface area contributed by atoms with Crippen LogP contribution in [0, 0.1) is 5.92 Å². The molecule has 6 heteroatoms. The minimum absolute atomic E-state index is 0.0275. The second-order valence-corrected chi connectivity index (χ2v) is 6.64. The fourth-order valence-electron chi connectivity index (χ4n) is 2.30. The van der Waals surface area contributed by atoms with E-state index >= 15 is 0 Å². The second kappa shape index (κ2) is 5.61. The van der Waals surface area contributed by atoms with Gasteiger partial charge in [0.15, 0.2) is 0 Å². The van der Waals surface area contributed by atoms with Crippen molar-refractivity contribution >= 4 is 27.3 Å². The van der Waals surface area contributed by atoms with Gasteiger partial charge in [0.25, 0.3) is 0 Å². The largest absolute Gasteiger partial charge is 0.324 e. The Balaban J connectivity index is 2.13. The van der Waals surface area contributed by atoms with Crippen LogP contribution in [0.25, 0.3) is 0 Å². The average molecular weight is 282 g/mol. The summed E-state index contributed by atoms with van der Waals surface area (Å²) in [5.74, 6) is 0.0199. The summed E-state index contributed by atoms with van der Waals surface area (Å²) in [5.41, 5.74) is 0.904. The van der Waals surface area contributed by atoms with Crippen LogP contribution in [0.3, 0.4) is 0 Å². The number of sulfonamides is 1. The van der Waals surface area contributed by atoms with Gasteiger partial charge >= 0.3 is 0 Å². The molecule has 1 fully saturated rings. The van der Waals surface area contributed by atoms with Crippen LogP contribution in [-0.4, -0.2) is 20.6 Å². The third-order valence-electron chi connectivity index (χ3n) is 3.21. The number of anilines is 2. The van der Waals surface area contributed by atoms with Crippen LogP contribution in [0.1, 0.15) is 25.7 Å². The van der Waals surface area contributed by atoms with Crippen LogP contribution in [-0.2, 0) is 14.8 Å². The molecule has 0 spiro atoms. The Hall–Kier alpha value is -1.56. The van der Waals surface area contributed by atoms with Crippen molar-refractivity contribution in [2.75, 3.05) is 16.3 Å². The number of carbonyl (C=O) groups is 1. The van der Waals surface area contributed by atoms with E-state index in [0.29, 0.717) is 11.4 Å². The highest BCUT2D eigenvalue weighted by Crippen LogP contribution is 2.28. The molecule has 0 atom stereocenters. The van der Waals surface area contributed by atoms with Crippen molar-refractivity contribution in [3.05, 3.63) is 24.3 Å². The Morgan fingerprint density at radius 3 is 2.32 bits per heavy atom. The number of para-hydroxylation sites is 2. The minimum Gasteiger partial charge on any atom is -0.324 e. The summed E-state index contributed by atoms with van der Waals surface area (Å²) < 4.78 is 24.9. The Bertz CT molecular complexity index is 563. The fraction of sp³-hybridized carbons (Fsp3) is 0.462. The van der Waals surface area contributed by atoms with Gasteiger partial charge in [-0.2, -0.15) is 0 Å². The van der Waals surface area contributed by atoms with Crippen molar-refractivity contribution in [1.82, 2.24) is 0 Å². The zero-order chi connectivity index (χ0) is 13.9. The molecule has 1 saturated carbocycles. The van der Waals surface area contributed by atoms with Crippen molar-refractivity contribution in [2.24, 2.45) is 5.92 Å². The van der Waals surface area contributed by atoms with Gasteiger partial charge in [0.2, 0.25) is 15.9 Å². The number of carbonyl (C=O) groups excluding carboxylic acids is 1. The van der Waals surface area contributed by atoms with Gasteiger partial charge in [0.05, 0.1) is 17.6 Å². The lowest BCUT2D eigenvalue weighted by molar-refractivity contribution is -0.119. The standard InChI is InChI=1S/C13H18N2O3S/c1-19(17,18)15-12-9-5-4-8-11(12)14-13(16)10-6-2-3-7-10/h4-5,8-10,15H,2-3,6-7H2,1H3,(H,14,16). The van der Waals surface area contributed by atoms with Crippen LogP contribution in [0.5, 0.6) is 0 Å². The van der Waals surface area contributed by atoms with Gasteiger partial charge in [-0.15, -0.1) is 0 Å². The number of amides is 1. The van der Waals surface area contributed by atoms with Gasteiger partial charge in [-0.05, 0) is 25.0 Å². The van der Waals surface area contributed by atoms with Crippen molar-refractivity contribution < 1.29 is 13.2 Å². The first-order valence-corrected chi connectivity index (χ1v) is 8.22. The van der Waals surface area contributed by atoms with Crippen LogP contribution in [0.15, 0.2) is 24.3 Å². The maximum Gasteiger partial charge on any atom is 0.229 e. The van der Waals surface area contributed by atoms with Gasteiger partial charge in [-0.1, -0.05) is 25.0 Å². The van der Waals surface area contributed by atoms with E-state index in [2.05, 4.69) is 10.0 Å². The van der Waals surface area contributed by atoms with Gasteiger partial charge < -0.3 is 5.32 Å². The third kappa shape index (κ3) is 3.96.